The minimum atomic E-state index is -0.671. The van der Waals surface area contributed by atoms with Gasteiger partial charge in [-0.1, -0.05) is 0 Å². The molecule has 3 nitrogen and oxygen atoms in total. The molecule has 96 valence electrons. The molecule has 0 amide bonds. The summed E-state index contributed by atoms with van der Waals surface area (Å²) in [7, 11) is 0. The predicted molar refractivity (Wildman–Crippen MR) is 76.1 cm³/mol. The molecule has 2 aromatic heterocycles. The number of aliphatic hydroxyl groups is 1. The van der Waals surface area contributed by atoms with Crippen molar-refractivity contribution in [3.63, 3.8) is 0 Å². The summed E-state index contributed by atoms with van der Waals surface area (Å²) in [5.41, 5.74) is 1.59. The molecule has 2 aromatic rings. The van der Waals surface area contributed by atoms with E-state index in [-0.39, 0.29) is 6.10 Å². The minimum Gasteiger partial charge on any atom is -0.489 e. The number of nitrogens with zero attached hydrogens (tertiary/aromatic N) is 1. The third-order valence-electron chi connectivity index (χ3n) is 2.33. The van der Waals surface area contributed by atoms with Gasteiger partial charge in [0.1, 0.15) is 11.9 Å². The van der Waals surface area contributed by atoms with Crippen molar-refractivity contribution in [1.29, 1.82) is 0 Å². The van der Waals surface area contributed by atoms with Gasteiger partial charge >= 0.3 is 0 Å². The van der Waals surface area contributed by atoms with Gasteiger partial charge in [-0.2, -0.15) is 0 Å². The maximum absolute atomic E-state index is 10.3. The molecule has 1 N–H and O–H groups in total. The summed E-state index contributed by atoms with van der Waals surface area (Å²) >= 11 is 4.93. The summed E-state index contributed by atoms with van der Waals surface area (Å²) < 4.78 is 6.56. The van der Waals surface area contributed by atoms with Crippen molar-refractivity contribution < 1.29 is 9.84 Å². The molecule has 0 aliphatic rings. The van der Waals surface area contributed by atoms with E-state index in [0.717, 1.165) is 14.9 Å². The average molecular weight is 328 g/mol. The van der Waals surface area contributed by atoms with E-state index in [9.17, 15) is 5.11 Å². The standard InChI is InChI=1S/C13H14BrNO2S/c1-8(2)17-11-3-9(5-15-6-11)13(16)10-4-12(14)18-7-10/h3-8,13,16H,1-2H3. The highest BCUT2D eigenvalue weighted by atomic mass is 79.9. The van der Waals surface area contributed by atoms with E-state index < -0.39 is 6.10 Å². The molecule has 0 spiro atoms. The molecule has 18 heavy (non-hydrogen) atoms. The molecular weight excluding hydrogens is 314 g/mol. The Kier molecular flexibility index (Phi) is 4.37. The van der Waals surface area contributed by atoms with Crippen LogP contribution in [0.15, 0.2) is 33.7 Å². The minimum absolute atomic E-state index is 0.0921. The van der Waals surface area contributed by atoms with Gasteiger partial charge in [-0.25, -0.2) is 0 Å². The van der Waals surface area contributed by atoms with Crippen LogP contribution in [0.5, 0.6) is 5.75 Å². The summed E-state index contributed by atoms with van der Waals surface area (Å²) in [6.07, 6.45) is 2.73. The molecule has 2 rings (SSSR count). The van der Waals surface area contributed by atoms with Gasteiger partial charge in [0.05, 0.1) is 16.1 Å². The van der Waals surface area contributed by atoms with E-state index in [1.54, 1.807) is 23.7 Å². The fourth-order valence-electron chi connectivity index (χ4n) is 1.58. The Morgan fingerprint density at radius 1 is 1.28 bits per heavy atom. The first-order valence-electron chi connectivity index (χ1n) is 5.60. The molecule has 0 bridgehead atoms. The number of rotatable bonds is 4. The zero-order chi connectivity index (χ0) is 13.1. The molecule has 0 aromatic carbocycles. The first-order valence-corrected chi connectivity index (χ1v) is 7.27. The lowest BCUT2D eigenvalue weighted by atomic mass is 10.1. The average Bonchev–Trinajstić information content (AvgIpc) is 2.74. The Morgan fingerprint density at radius 3 is 2.67 bits per heavy atom. The fraction of sp³-hybridized carbons (Fsp3) is 0.308. The molecule has 0 fully saturated rings. The lowest BCUT2D eigenvalue weighted by Crippen LogP contribution is -2.07. The Morgan fingerprint density at radius 2 is 2.06 bits per heavy atom. The van der Waals surface area contributed by atoms with Gasteiger partial charge in [-0.15, -0.1) is 11.3 Å². The second-order valence-corrected chi connectivity index (χ2v) is 6.50. The Hall–Kier alpha value is -0.910. The SMILES string of the molecule is CC(C)Oc1cncc(C(O)c2csc(Br)c2)c1. The number of hydrogen-bond donors (Lipinski definition) is 1. The van der Waals surface area contributed by atoms with Gasteiger partial charge in [0.25, 0.3) is 0 Å². The molecule has 0 aliphatic heterocycles. The van der Waals surface area contributed by atoms with E-state index in [2.05, 4.69) is 20.9 Å². The van der Waals surface area contributed by atoms with Crippen LogP contribution in [0.2, 0.25) is 0 Å². The Labute approximate surface area is 119 Å². The lowest BCUT2D eigenvalue weighted by Gasteiger charge is -2.13. The van der Waals surface area contributed by atoms with E-state index in [4.69, 9.17) is 4.74 Å². The third-order valence-corrected chi connectivity index (χ3v) is 3.85. The summed E-state index contributed by atoms with van der Waals surface area (Å²) in [6, 6.07) is 3.73. The number of hydrogen-bond acceptors (Lipinski definition) is 4. The van der Waals surface area contributed by atoms with Crippen molar-refractivity contribution in [3.8, 4) is 5.75 Å². The van der Waals surface area contributed by atoms with Gasteiger partial charge in [-0.3, -0.25) is 4.98 Å². The molecular formula is C13H14BrNO2S. The molecule has 2 heterocycles. The topological polar surface area (TPSA) is 42.4 Å². The number of aliphatic hydroxyl groups excluding tert-OH is 1. The van der Waals surface area contributed by atoms with Crippen LogP contribution in [0, 0.1) is 0 Å². The summed E-state index contributed by atoms with van der Waals surface area (Å²) in [5, 5.41) is 12.2. The van der Waals surface area contributed by atoms with Gasteiger partial charge < -0.3 is 9.84 Å². The van der Waals surface area contributed by atoms with Gasteiger partial charge in [0.15, 0.2) is 0 Å². The number of halogens is 1. The zero-order valence-electron chi connectivity index (χ0n) is 10.1. The second kappa shape index (κ2) is 5.82. The lowest BCUT2D eigenvalue weighted by molar-refractivity contribution is 0.216. The largest absolute Gasteiger partial charge is 0.489 e. The monoisotopic (exact) mass is 327 g/mol. The highest BCUT2D eigenvalue weighted by molar-refractivity contribution is 9.11. The summed E-state index contributed by atoms with van der Waals surface area (Å²) in [5.74, 6) is 0.677. The van der Waals surface area contributed by atoms with Crippen molar-refractivity contribution in [1.82, 2.24) is 4.98 Å². The van der Waals surface area contributed by atoms with Crippen LogP contribution in [0.3, 0.4) is 0 Å². The maximum atomic E-state index is 10.3. The van der Waals surface area contributed by atoms with E-state index in [1.807, 2.05) is 31.4 Å². The Balaban J connectivity index is 2.22. The van der Waals surface area contributed by atoms with Crippen LogP contribution in [0.1, 0.15) is 31.1 Å². The predicted octanol–water partition coefficient (Wildman–Crippen LogP) is 3.77. The molecule has 0 aliphatic carbocycles. The smallest absolute Gasteiger partial charge is 0.138 e. The molecule has 1 atom stereocenters. The number of pyridine rings is 1. The van der Waals surface area contributed by atoms with Crippen LogP contribution in [-0.2, 0) is 0 Å². The van der Waals surface area contributed by atoms with Crippen LogP contribution in [0.4, 0.5) is 0 Å². The van der Waals surface area contributed by atoms with Crippen LogP contribution in [0.25, 0.3) is 0 Å². The van der Waals surface area contributed by atoms with E-state index >= 15 is 0 Å². The quantitative estimate of drug-likeness (QED) is 0.929. The third kappa shape index (κ3) is 3.31. The summed E-state index contributed by atoms with van der Waals surface area (Å²) in [4.78, 5) is 4.10. The first kappa shape index (κ1) is 13.5. The molecule has 0 radical (unpaired) electrons. The van der Waals surface area contributed by atoms with Crippen LogP contribution in [-0.4, -0.2) is 16.2 Å². The normalized spacial score (nSPS) is 12.7. The summed E-state index contributed by atoms with van der Waals surface area (Å²) in [6.45, 7) is 3.91. The molecule has 1 unspecified atom stereocenters. The van der Waals surface area contributed by atoms with Crippen molar-refractivity contribution >= 4 is 27.3 Å². The first-order chi connectivity index (χ1) is 8.56. The fourth-order valence-corrected chi connectivity index (χ4v) is 2.78. The van der Waals surface area contributed by atoms with Gasteiger partial charge in [0.2, 0.25) is 0 Å². The maximum Gasteiger partial charge on any atom is 0.138 e. The van der Waals surface area contributed by atoms with Gasteiger partial charge in [-0.05, 0) is 52.9 Å². The van der Waals surface area contributed by atoms with E-state index in [1.165, 1.54) is 0 Å². The number of thiophene rings is 1. The van der Waals surface area contributed by atoms with Crippen molar-refractivity contribution in [2.75, 3.05) is 0 Å². The molecule has 0 saturated heterocycles. The number of ether oxygens (including phenoxy) is 1. The second-order valence-electron chi connectivity index (χ2n) is 4.21. The number of aromatic nitrogens is 1. The van der Waals surface area contributed by atoms with Gasteiger partial charge in [0, 0.05) is 11.8 Å². The zero-order valence-corrected chi connectivity index (χ0v) is 12.5. The molecule has 5 heteroatoms. The molecule has 0 saturated carbocycles. The highest BCUT2D eigenvalue weighted by Crippen LogP contribution is 2.30. The van der Waals surface area contributed by atoms with Crippen molar-refractivity contribution in [2.24, 2.45) is 0 Å². The van der Waals surface area contributed by atoms with Crippen molar-refractivity contribution in [2.45, 2.75) is 26.1 Å². The van der Waals surface area contributed by atoms with E-state index in [0.29, 0.717) is 5.75 Å². The highest BCUT2D eigenvalue weighted by Gasteiger charge is 2.13. The van der Waals surface area contributed by atoms with Crippen molar-refractivity contribution in [3.05, 3.63) is 44.8 Å². The van der Waals surface area contributed by atoms with Crippen LogP contribution < -0.4 is 4.74 Å². The van der Waals surface area contributed by atoms with Crippen LogP contribution >= 0.6 is 27.3 Å². The Bertz CT molecular complexity index is 527.